The van der Waals surface area contributed by atoms with Crippen molar-refractivity contribution < 1.29 is 14.7 Å². The summed E-state index contributed by atoms with van der Waals surface area (Å²) >= 11 is 0. The smallest absolute Gasteiger partial charge is 0.320 e. The molecule has 3 aliphatic rings. The number of carboxylic acid groups (broad SMARTS) is 1. The quantitative estimate of drug-likeness (QED) is 0.861. The Morgan fingerprint density at radius 3 is 2.48 bits per heavy atom. The van der Waals surface area contributed by atoms with Gasteiger partial charge in [0.15, 0.2) is 0 Å². The predicted octanol–water partition coefficient (Wildman–Crippen LogP) is 1.72. The molecule has 3 unspecified atom stereocenters. The summed E-state index contributed by atoms with van der Waals surface area (Å²) in [6, 6.07) is -0.0354. The third-order valence-corrected chi connectivity index (χ3v) is 5.55. The van der Waals surface area contributed by atoms with Crippen molar-refractivity contribution in [1.82, 2.24) is 9.80 Å². The Morgan fingerprint density at radius 2 is 1.67 bits per heavy atom. The molecule has 0 spiro atoms. The normalized spacial score (nSPS) is 33.7. The van der Waals surface area contributed by atoms with Gasteiger partial charge in [0.25, 0.3) is 0 Å². The first-order valence-corrected chi connectivity index (χ1v) is 8.43. The van der Waals surface area contributed by atoms with E-state index >= 15 is 0 Å². The molecule has 2 aliphatic heterocycles. The highest BCUT2D eigenvalue weighted by Crippen LogP contribution is 2.35. The number of carbonyl (C=O) groups excluding carboxylic acids is 1. The molecule has 118 valence electrons. The van der Waals surface area contributed by atoms with Gasteiger partial charge in [-0.1, -0.05) is 12.8 Å². The number of carboxylic acids is 1. The second-order valence-corrected chi connectivity index (χ2v) is 6.81. The zero-order valence-electron chi connectivity index (χ0n) is 12.7. The van der Waals surface area contributed by atoms with Crippen LogP contribution >= 0.6 is 0 Å². The maximum absolute atomic E-state index is 12.7. The van der Waals surface area contributed by atoms with E-state index in [4.69, 9.17) is 0 Å². The molecule has 5 nitrogen and oxygen atoms in total. The van der Waals surface area contributed by atoms with Crippen molar-refractivity contribution in [3.8, 4) is 0 Å². The lowest BCUT2D eigenvalue weighted by Crippen LogP contribution is -2.53. The molecule has 0 aromatic rings. The second kappa shape index (κ2) is 6.34. The first-order chi connectivity index (χ1) is 10.2. The SMILES string of the molecule is O=C(O)C1CCCN1CC(=O)N1CCCC2CCCCC21. The number of nitrogens with zero attached hydrogens (tertiary/aromatic N) is 2. The van der Waals surface area contributed by atoms with Gasteiger partial charge in [-0.25, -0.2) is 0 Å². The van der Waals surface area contributed by atoms with E-state index in [1.165, 1.54) is 25.7 Å². The van der Waals surface area contributed by atoms with Crippen LogP contribution in [0.25, 0.3) is 0 Å². The topological polar surface area (TPSA) is 60.9 Å². The molecule has 1 amide bonds. The van der Waals surface area contributed by atoms with Crippen molar-refractivity contribution in [3.05, 3.63) is 0 Å². The van der Waals surface area contributed by atoms with E-state index < -0.39 is 12.0 Å². The first kappa shape index (κ1) is 14.8. The number of likely N-dealkylation sites (tertiary alicyclic amines) is 2. The molecule has 0 aromatic heterocycles. The molecule has 1 aliphatic carbocycles. The molecule has 3 fully saturated rings. The average molecular weight is 294 g/mol. The minimum Gasteiger partial charge on any atom is -0.480 e. The Morgan fingerprint density at radius 1 is 0.952 bits per heavy atom. The minimum absolute atomic E-state index is 0.153. The number of fused-ring (bicyclic) bond motifs is 1. The van der Waals surface area contributed by atoms with Crippen molar-refractivity contribution in [2.24, 2.45) is 5.92 Å². The van der Waals surface area contributed by atoms with Crippen LogP contribution in [0, 0.1) is 5.92 Å². The number of rotatable bonds is 3. The maximum atomic E-state index is 12.7. The number of aliphatic carboxylic acids is 1. The van der Waals surface area contributed by atoms with Gasteiger partial charge >= 0.3 is 5.97 Å². The van der Waals surface area contributed by atoms with Gasteiger partial charge in [-0.15, -0.1) is 0 Å². The molecular weight excluding hydrogens is 268 g/mol. The van der Waals surface area contributed by atoms with Crippen LogP contribution in [0.4, 0.5) is 0 Å². The molecule has 0 radical (unpaired) electrons. The van der Waals surface area contributed by atoms with Crippen LogP contribution in [0.5, 0.6) is 0 Å². The third kappa shape index (κ3) is 3.07. The van der Waals surface area contributed by atoms with E-state index in [0.717, 1.165) is 32.4 Å². The van der Waals surface area contributed by atoms with E-state index in [-0.39, 0.29) is 5.91 Å². The van der Waals surface area contributed by atoms with Crippen LogP contribution in [-0.2, 0) is 9.59 Å². The Balaban J connectivity index is 1.62. The number of carbonyl (C=O) groups is 2. The molecular formula is C16H26N2O3. The van der Waals surface area contributed by atoms with Crippen LogP contribution in [0.15, 0.2) is 0 Å². The van der Waals surface area contributed by atoms with Crippen LogP contribution in [0.3, 0.4) is 0 Å². The zero-order chi connectivity index (χ0) is 14.8. The minimum atomic E-state index is -0.783. The lowest BCUT2D eigenvalue weighted by molar-refractivity contribution is -0.144. The van der Waals surface area contributed by atoms with Gasteiger partial charge in [0.2, 0.25) is 5.91 Å². The fourth-order valence-corrected chi connectivity index (χ4v) is 4.49. The van der Waals surface area contributed by atoms with E-state index in [9.17, 15) is 14.7 Å². The summed E-state index contributed by atoms with van der Waals surface area (Å²) < 4.78 is 0. The molecule has 3 atom stereocenters. The maximum Gasteiger partial charge on any atom is 0.320 e. The van der Waals surface area contributed by atoms with Gasteiger partial charge in [-0.05, 0) is 51.0 Å². The summed E-state index contributed by atoms with van der Waals surface area (Å²) in [5.74, 6) is 0.0551. The monoisotopic (exact) mass is 294 g/mol. The highest BCUT2D eigenvalue weighted by molar-refractivity contribution is 5.80. The van der Waals surface area contributed by atoms with Gasteiger partial charge < -0.3 is 10.0 Å². The van der Waals surface area contributed by atoms with Crippen molar-refractivity contribution in [3.63, 3.8) is 0 Å². The highest BCUT2D eigenvalue weighted by Gasteiger charge is 2.38. The van der Waals surface area contributed by atoms with E-state index in [0.29, 0.717) is 24.9 Å². The van der Waals surface area contributed by atoms with Gasteiger partial charge in [0, 0.05) is 12.6 Å². The number of hydrogen-bond donors (Lipinski definition) is 1. The molecule has 1 saturated carbocycles. The molecule has 5 heteroatoms. The summed E-state index contributed by atoms with van der Waals surface area (Å²) in [6.45, 7) is 1.90. The van der Waals surface area contributed by atoms with Crippen molar-refractivity contribution >= 4 is 11.9 Å². The third-order valence-electron chi connectivity index (χ3n) is 5.55. The second-order valence-electron chi connectivity index (χ2n) is 6.81. The fraction of sp³-hybridized carbons (Fsp3) is 0.875. The van der Waals surface area contributed by atoms with Gasteiger partial charge in [0.05, 0.1) is 6.54 Å². The average Bonchev–Trinajstić information content (AvgIpc) is 2.95. The standard InChI is InChI=1S/C16H26N2O3/c19-15(11-17-9-4-8-14(17)16(20)21)18-10-3-6-12-5-1-2-7-13(12)18/h12-14H,1-11H2,(H,20,21). The summed E-state index contributed by atoms with van der Waals surface area (Å²) in [6.07, 6.45) is 8.85. The Bertz CT molecular complexity index is 410. The summed E-state index contributed by atoms with van der Waals surface area (Å²) in [5.41, 5.74) is 0. The number of piperidine rings is 1. The number of hydrogen-bond acceptors (Lipinski definition) is 3. The Hall–Kier alpha value is -1.10. The van der Waals surface area contributed by atoms with Crippen molar-refractivity contribution in [2.45, 2.75) is 63.5 Å². The fourth-order valence-electron chi connectivity index (χ4n) is 4.49. The summed E-state index contributed by atoms with van der Waals surface area (Å²) in [4.78, 5) is 27.8. The van der Waals surface area contributed by atoms with Crippen LogP contribution in [0.1, 0.15) is 51.4 Å². The first-order valence-electron chi connectivity index (χ1n) is 8.43. The van der Waals surface area contributed by atoms with Crippen molar-refractivity contribution in [1.29, 1.82) is 0 Å². The van der Waals surface area contributed by atoms with Gasteiger partial charge in [0.1, 0.15) is 6.04 Å². The molecule has 0 aromatic carbocycles. The number of amides is 1. The molecule has 2 heterocycles. The highest BCUT2D eigenvalue weighted by atomic mass is 16.4. The largest absolute Gasteiger partial charge is 0.480 e. The zero-order valence-corrected chi connectivity index (χ0v) is 12.7. The van der Waals surface area contributed by atoms with Crippen LogP contribution < -0.4 is 0 Å². The lowest BCUT2D eigenvalue weighted by atomic mass is 9.78. The van der Waals surface area contributed by atoms with E-state index in [1.54, 1.807) is 0 Å². The van der Waals surface area contributed by atoms with Crippen LogP contribution in [-0.4, -0.2) is 58.5 Å². The van der Waals surface area contributed by atoms with E-state index in [1.807, 2.05) is 4.90 Å². The Labute approximate surface area is 126 Å². The molecule has 2 saturated heterocycles. The summed E-state index contributed by atoms with van der Waals surface area (Å²) in [5, 5.41) is 9.23. The Kier molecular flexibility index (Phi) is 4.48. The molecule has 3 rings (SSSR count). The molecule has 0 bridgehead atoms. The molecule has 1 N–H and O–H groups in total. The van der Waals surface area contributed by atoms with Crippen molar-refractivity contribution in [2.75, 3.05) is 19.6 Å². The van der Waals surface area contributed by atoms with E-state index in [2.05, 4.69) is 4.90 Å². The van der Waals surface area contributed by atoms with Gasteiger partial charge in [-0.3, -0.25) is 14.5 Å². The predicted molar refractivity (Wildman–Crippen MR) is 78.9 cm³/mol. The van der Waals surface area contributed by atoms with Gasteiger partial charge in [-0.2, -0.15) is 0 Å². The van der Waals surface area contributed by atoms with Crippen LogP contribution in [0.2, 0.25) is 0 Å². The summed E-state index contributed by atoms with van der Waals surface area (Å²) in [7, 11) is 0. The lowest BCUT2D eigenvalue weighted by Gasteiger charge is -2.44. The molecule has 21 heavy (non-hydrogen) atoms.